The smallest absolute Gasteiger partial charge is 0.0725 e. The lowest BCUT2D eigenvalue weighted by Crippen LogP contribution is -2.11. The van der Waals surface area contributed by atoms with Crippen LogP contribution in [0.1, 0.15) is 42.0 Å². The fourth-order valence-corrected chi connectivity index (χ4v) is 2.27. The predicted octanol–water partition coefficient (Wildman–Crippen LogP) is 2.52. The van der Waals surface area contributed by atoms with Crippen molar-refractivity contribution in [1.82, 2.24) is 0 Å². The van der Waals surface area contributed by atoms with Gasteiger partial charge in [0.25, 0.3) is 0 Å². The Bertz CT molecular complexity index is 371. The molecule has 0 radical (unpaired) electrons. The van der Waals surface area contributed by atoms with Gasteiger partial charge in [0.2, 0.25) is 0 Å². The van der Waals surface area contributed by atoms with E-state index >= 15 is 0 Å². The summed E-state index contributed by atoms with van der Waals surface area (Å²) in [5.74, 6) is 0.893. The molecule has 1 unspecified atom stereocenters. The fraction of sp³-hybridized carbons (Fsp3) is 0.538. The van der Waals surface area contributed by atoms with Crippen molar-refractivity contribution in [2.24, 2.45) is 11.7 Å². The summed E-state index contributed by atoms with van der Waals surface area (Å²) < 4.78 is 5.40. The molecule has 1 fully saturated rings. The maximum absolute atomic E-state index is 6.19. The average molecular weight is 203 g/mol. The number of nitrogens with two attached hydrogens (primary N) is 1. The van der Waals surface area contributed by atoms with Crippen LogP contribution in [0, 0.1) is 5.92 Å². The van der Waals surface area contributed by atoms with Gasteiger partial charge >= 0.3 is 0 Å². The number of rotatable bonds is 3. The van der Waals surface area contributed by atoms with E-state index in [9.17, 15) is 0 Å². The standard InChI is InChI=1S/C13H17NO/c14-13(5-9-1-2-9)10-3-4-11-7-15-8-12(11)6-10/h3-4,6,9,13H,1-2,5,7-8,14H2. The molecule has 0 bridgehead atoms. The van der Waals surface area contributed by atoms with Gasteiger partial charge in [-0.1, -0.05) is 31.0 Å². The van der Waals surface area contributed by atoms with E-state index in [4.69, 9.17) is 10.5 Å². The Morgan fingerprint density at radius 3 is 2.87 bits per heavy atom. The van der Waals surface area contributed by atoms with E-state index in [2.05, 4.69) is 18.2 Å². The Kier molecular flexibility index (Phi) is 2.26. The zero-order valence-electron chi connectivity index (χ0n) is 8.91. The maximum atomic E-state index is 6.19. The summed E-state index contributed by atoms with van der Waals surface area (Å²) in [4.78, 5) is 0. The third-order valence-electron chi connectivity index (χ3n) is 3.46. The van der Waals surface area contributed by atoms with E-state index in [0.29, 0.717) is 0 Å². The molecule has 0 amide bonds. The van der Waals surface area contributed by atoms with Crippen LogP contribution >= 0.6 is 0 Å². The van der Waals surface area contributed by atoms with Crippen molar-refractivity contribution >= 4 is 0 Å². The fourth-order valence-electron chi connectivity index (χ4n) is 2.27. The van der Waals surface area contributed by atoms with Crippen LogP contribution in [0.3, 0.4) is 0 Å². The second-order valence-corrected chi connectivity index (χ2v) is 4.81. The van der Waals surface area contributed by atoms with Gasteiger partial charge in [-0.3, -0.25) is 0 Å². The minimum Gasteiger partial charge on any atom is -0.372 e. The summed E-state index contributed by atoms with van der Waals surface area (Å²) in [6, 6.07) is 6.80. The number of ether oxygens (including phenoxy) is 1. The highest BCUT2D eigenvalue weighted by atomic mass is 16.5. The first-order valence-corrected chi connectivity index (χ1v) is 5.78. The highest BCUT2D eigenvalue weighted by Gasteiger charge is 2.25. The first-order chi connectivity index (χ1) is 7.33. The van der Waals surface area contributed by atoms with Crippen LogP contribution in [-0.4, -0.2) is 0 Å². The van der Waals surface area contributed by atoms with Crippen LogP contribution in [0.25, 0.3) is 0 Å². The normalized spacial score (nSPS) is 21.4. The molecule has 80 valence electrons. The molecule has 2 nitrogen and oxygen atoms in total. The average Bonchev–Trinajstić information content (AvgIpc) is 2.94. The van der Waals surface area contributed by atoms with Crippen molar-refractivity contribution in [3.05, 3.63) is 34.9 Å². The molecule has 1 aliphatic carbocycles. The van der Waals surface area contributed by atoms with Gasteiger partial charge in [0.05, 0.1) is 13.2 Å². The van der Waals surface area contributed by atoms with Gasteiger partial charge in [0.15, 0.2) is 0 Å². The molecule has 0 saturated heterocycles. The molecule has 1 atom stereocenters. The SMILES string of the molecule is NC(CC1CC1)c1ccc2c(c1)COC2. The maximum Gasteiger partial charge on any atom is 0.0725 e. The summed E-state index contributed by atoms with van der Waals surface area (Å²) in [6.45, 7) is 1.53. The van der Waals surface area contributed by atoms with Crippen molar-refractivity contribution in [1.29, 1.82) is 0 Å². The van der Waals surface area contributed by atoms with E-state index in [1.165, 1.54) is 29.5 Å². The number of benzene rings is 1. The Morgan fingerprint density at radius 2 is 2.07 bits per heavy atom. The van der Waals surface area contributed by atoms with Gasteiger partial charge < -0.3 is 10.5 Å². The molecule has 2 N–H and O–H groups in total. The quantitative estimate of drug-likeness (QED) is 0.819. The van der Waals surface area contributed by atoms with Gasteiger partial charge in [-0.15, -0.1) is 0 Å². The second kappa shape index (κ2) is 3.62. The first kappa shape index (κ1) is 9.37. The highest BCUT2D eigenvalue weighted by Crippen LogP contribution is 2.37. The predicted molar refractivity (Wildman–Crippen MR) is 59.2 cm³/mol. The van der Waals surface area contributed by atoms with E-state index in [1.807, 2.05) is 0 Å². The zero-order valence-corrected chi connectivity index (χ0v) is 8.91. The molecule has 0 spiro atoms. The van der Waals surface area contributed by atoms with E-state index in [1.54, 1.807) is 0 Å². The van der Waals surface area contributed by atoms with Gasteiger partial charge in [-0.25, -0.2) is 0 Å². The molecule has 0 aromatic heterocycles. The van der Waals surface area contributed by atoms with Crippen molar-refractivity contribution in [2.45, 2.75) is 38.5 Å². The molecule has 1 aromatic carbocycles. The summed E-state index contributed by atoms with van der Waals surface area (Å²) in [7, 11) is 0. The molecule has 3 rings (SSSR count). The summed E-state index contributed by atoms with van der Waals surface area (Å²) in [5, 5.41) is 0. The Morgan fingerprint density at radius 1 is 1.27 bits per heavy atom. The molecule has 2 aliphatic rings. The van der Waals surface area contributed by atoms with Gasteiger partial charge in [0, 0.05) is 6.04 Å². The summed E-state index contributed by atoms with van der Waals surface area (Å²) in [5.41, 5.74) is 10.1. The number of fused-ring (bicyclic) bond motifs is 1. The van der Waals surface area contributed by atoms with E-state index in [-0.39, 0.29) is 6.04 Å². The van der Waals surface area contributed by atoms with Crippen molar-refractivity contribution in [3.8, 4) is 0 Å². The monoisotopic (exact) mass is 203 g/mol. The first-order valence-electron chi connectivity index (χ1n) is 5.78. The molecule has 1 heterocycles. The van der Waals surface area contributed by atoms with Crippen LogP contribution in [0.5, 0.6) is 0 Å². The van der Waals surface area contributed by atoms with E-state index < -0.39 is 0 Å². The summed E-state index contributed by atoms with van der Waals surface area (Å²) >= 11 is 0. The van der Waals surface area contributed by atoms with Crippen LogP contribution in [0.4, 0.5) is 0 Å². The number of hydrogen-bond acceptors (Lipinski definition) is 2. The Hall–Kier alpha value is -0.860. The third-order valence-corrected chi connectivity index (χ3v) is 3.46. The molecular weight excluding hydrogens is 186 g/mol. The van der Waals surface area contributed by atoms with Crippen LogP contribution in [0.2, 0.25) is 0 Å². The highest BCUT2D eigenvalue weighted by molar-refractivity contribution is 5.34. The molecule has 2 heteroatoms. The van der Waals surface area contributed by atoms with Crippen molar-refractivity contribution in [3.63, 3.8) is 0 Å². The van der Waals surface area contributed by atoms with Crippen LogP contribution < -0.4 is 5.73 Å². The second-order valence-electron chi connectivity index (χ2n) is 4.81. The van der Waals surface area contributed by atoms with Gasteiger partial charge in [-0.05, 0) is 29.0 Å². The Labute approximate surface area is 90.4 Å². The number of hydrogen-bond donors (Lipinski definition) is 1. The molecular formula is C13H17NO. The minimum absolute atomic E-state index is 0.225. The minimum atomic E-state index is 0.225. The van der Waals surface area contributed by atoms with Crippen LogP contribution in [-0.2, 0) is 18.0 Å². The molecule has 15 heavy (non-hydrogen) atoms. The summed E-state index contributed by atoms with van der Waals surface area (Å²) in [6.07, 6.45) is 3.91. The van der Waals surface area contributed by atoms with Gasteiger partial charge in [0.1, 0.15) is 0 Å². The lowest BCUT2D eigenvalue weighted by atomic mass is 9.98. The molecule has 1 aliphatic heterocycles. The lowest BCUT2D eigenvalue weighted by Gasteiger charge is -2.12. The van der Waals surface area contributed by atoms with E-state index in [0.717, 1.165) is 25.6 Å². The molecule has 1 aromatic rings. The van der Waals surface area contributed by atoms with Crippen LogP contribution in [0.15, 0.2) is 18.2 Å². The zero-order chi connectivity index (χ0) is 10.3. The largest absolute Gasteiger partial charge is 0.372 e. The van der Waals surface area contributed by atoms with Crippen molar-refractivity contribution < 1.29 is 4.74 Å². The molecule has 1 saturated carbocycles. The lowest BCUT2D eigenvalue weighted by molar-refractivity contribution is 0.134. The topological polar surface area (TPSA) is 35.2 Å². The van der Waals surface area contributed by atoms with Gasteiger partial charge in [-0.2, -0.15) is 0 Å². The Balaban J connectivity index is 1.78. The third kappa shape index (κ3) is 1.92. The van der Waals surface area contributed by atoms with Crippen molar-refractivity contribution in [2.75, 3.05) is 0 Å².